The van der Waals surface area contributed by atoms with Gasteiger partial charge >= 0.3 is 0 Å². The minimum Gasteiger partial charge on any atom is -0.484 e. The van der Waals surface area contributed by atoms with E-state index in [1.807, 2.05) is 68.4 Å². The molecule has 2 aromatic carbocycles. The quantitative estimate of drug-likeness (QED) is 0.641. The number of nitrogens with one attached hydrogen (secondary N) is 1. The molecule has 1 unspecified atom stereocenters. The fraction of sp³-hybridized carbons (Fsp3) is 0.462. The van der Waals surface area contributed by atoms with E-state index in [-0.39, 0.29) is 24.5 Å². The van der Waals surface area contributed by atoms with Crippen molar-refractivity contribution in [2.45, 2.75) is 71.0 Å². The highest BCUT2D eigenvalue weighted by molar-refractivity contribution is 5.88. The highest BCUT2D eigenvalue weighted by Crippen LogP contribution is 2.19. The fourth-order valence-corrected chi connectivity index (χ4v) is 4.11. The molecule has 1 aliphatic carbocycles. The first-order valence-corrected chi connectivity index (χ1v) is 11.4. The molecule has 2 amide bonds. The van der Waals surface area contributed by atoms with Gasteiger partial charge in [-0.2, -0.15) is 0 Å². The zero-order valence-electron chi connectivity index (χ0n) is 18.7. The summed E-state index contributed by atoms with van der Waals surface area (Å²) in [7, 11) is 0. The smallest absolute Gasteiger partial charge is 0.261 e. The second kappa shape index (κ2) is 11.5. The van der Waals surface area contributed by atoms with Gasteiger partial charge in [0, 0.05) is 12.6 Å². The van der Waals surface area contributed by atoms with E-state index < -0.39 is 6.04 Å². The molecule has 1 fully saturated rings. The topological polar surface area (TPSA) is 58.6 Å². The Morgan fingerprint density at radius 1 is 1.03 bits per heavy atom. The second-order valence-electron chi connectivity index (χ2n) is 8.38. The van der Waals surface area contributed by atoms with E-state index in [1.54, 1.807) is 4.90 Å². The minimum absolute atomic E-state index is 0.0611. The third-order valence-corrected chi connectivity index (χ3v) is 5.92. The summed E-state index contributed by atoms with van der Waals surface area (Å²) >= 11 is 0. The van der Waals surface area contributed by atoms with Crippen LogP contribution in [0.3, 0.4) is 0 Å². The highest BCUT2D eigenvalue weighted by atomic mass is 16.5. The van der Waals surface area contributed by atoms with Crippen LogP contribution in [0.1, 0.15) is 56.6 Å². The number of nitrogens with zero attached hydrogens (tertiary/aromatic N) is 1. The van der Waals surface area contributed by atoms with Crippen LogP contribution < -0.4 is 10.1 Å². The van der Waals surface area contributed by atoms with Crippen molar-refractivity contribution in [3.63, 3.8) is 0 Å². The SMILES string of the molecule is CCC(C(=O)NC1CCCCC1)N(Cc1ccccc1)C(=O)COc1ccc(C)cc1. The molecule has 0 saturated heterocycles. The molecule has 0 radical (unpaired) electrons. The first-order valence-electron chi connectivity index (χ1n) is 11.4. The zero-order valence-corrected chi connectivity index (χ0v) is 18.7. The molecule has 31 heavy (non-hydrogen) atoms. The molecular formula is C26H34N2O3. The standard InChI is InChI=1S/C26H34N2O3/c1-3-24(26(30)27-22-12-8-5-9-13-22)28(18-21-10-6-4-7-11-21)25(29)19-31-23-16-14-20(2)15-17-23/h4,6-7,10-11,14-17,22,24H,3,5,8-9,12-13,18-19H2,1-2H3,(H,27,30). The van der Waals surface area contributed by atoms with Gasteiger partial charge in [-0.05, 0) is 43.9 Å². The number of carbonyl (C=O) groups excluding carboxylic acids is 2. The van der Waals surface area contributed by atoms with Gasteiger partial charge in [-0.3, -0.25) is 9.59 Å². The Labute approximate surface area is 185 Å². The number of hydrogen-bond acceptors (Lipinski definition) is 3. The maximum Gasteiger partial charge on any atom is 0.261 e. The molecule has 1 atom stereocenters. The lowest BCUT2D eigenvalue weighted by Crippen LogP contribution is -2.52. The van der Waals surface area contributed by atoms with Crippen molar-refractivity contribution in [2.24, 2.45) is 0 Å². The monoisotopic (exact) mass is 422 g/mol. The van der Waals surface area contributed by atoms with Crippen LogP contribution in [0, 0.1) is 6.92 Å². The van der Waals surface area contributed by atoms with Gasteiger partial charge in [-0.1, -0.05) is 74.2 Å². The van der Waals surface area contributed by atoms with Crippen LogP contribution in [-0.4, -0.2) is 35.4 Å². The maximum absolute atomic E-state index is 13.2. The van der Waals surface area contributed by atoms with Crippen molar-refractivity contribution in [2.75, 3.05) is 6.61 Å². The number of rotatable bonds is 9. The predicted molar refractivity (Wildman–Crippen MR) is 123 cm³/mol. The molecule has 0 bridgehead atoms. The van der Waals surface area contributed by atoms with Crippen LogP contribution in [0.15, 0.2) is 54.6 Å². The molecule has 166 valence electrons. The Hall–Kier alpha value is -2.82. The maximum atomic E-state index is 13.2. The molecule has 1 N–H and O–H groups in total. The third-order valence-electron chi connectivity index (χ3n) is 5.92. The molecule has 0 spiro atoms. The molecule has 0 aliphatic heterocycles. The average molecular weight is 423 g/mol. The molecule has 5 heteroatoms. The normalized spacial score (nSPS) is 15.2. The predicted octanol–water partition coefficient (Wildman–Crippen LogP) is 4.63. The van der Waals surface area contributed by atoms with E-state index in [0.29, 0.717) is 18.7 Å². The summed E-state index contributed by atoms with van der Waals surface area (Å²) in [6.07, 6.45) is 6.13. The van der Waals surface area contributed by atoms with E-state index in [1.165, 1.54) is 6.42 Å². The highest BCUT2D eigenvalue weighted by Gasteiger charge is 2.30. The van der Waals surface area contributed by atoms with E-state index in [0.717, 1.165) is 36.8 Å². The Bertz CT molecular complexity index is 829. The number of amides is 2. The summed E-state index contributed by atoms with van der Waals surface area (Å²) in [4.78, 5) is 28.0. The summed E-state index contributed by atoms with van der Waals surface area (Å²) in [5.41, 5.74) is 2.13. The second-order valence-corrected chi connectivity index (χ2v) is 8.38. The van der Waals surface area contributed by atoms with Crippen molar-refractivity contribution >= 4 is 11.8 Å². The molecule has 1 saturated carbocycles. The number of ether oxygens (including phenoxy) is 1. The number of benzene rings is 2. The molecule has 0 heterocycles. The first-order chi connectivity index (χ1) is 15.1. The molecule has 2 aromatic rings. The van der Waals surface area contributed by atoms with Gasteiger partial charge in [0.2, 0.25) is 5.91 Å². The van der Waals surface area contributed by atoms with Crippen molar-refractivity contribution < 1.29 is 14.3 Å². The number of carbonyl (C=O) groups is 2. The van der Waals surface area contributed by atoms with Crippen molar-refractivity contribution in [3.05, 3.63) is 65.7 Å². The van der Waals surface area contributed by atoms with E-state index >= 15 is 0 Å². The van der Waals surface area contributed by atoms with E-state index in [2.05, 4.69) is 5.32 Å². The summed E-state index contributed by atoms with van der Waals surface area (Å²) < 4.78 is 5.74. The first kappa shape index (κ1) is 22.9. The lowest BCUT2D eigenvalue weighted by atomic mass is 9.95. The van der Waals surface area contributed by atoms with Crippen LogP contribution in [0.5, 0.6) is 5.75 Å². The van der Waals surface area contributed by atoms with Crippen LogP contribution in [0.25, 0.3) is 0 Å². The lowest BCUT2D eigenvalue weighted by Gasteiger charge is -2.32. The van der Waals surface area contributed by atoms with Gasteiger partial charge in [-0.15, -0.1) is 0 Å². The molecular weight excluding hydrogens is 388 g/mol. The molecule has 1 aliphatic rings. The Kier molecular flexibility index (Phi) is 8.51. The third kappa shape index (κ3) is 6.84. The lowest BCUT2D eigenvalue weighted by molar-refractivity contribution is -0.143. The summed E-state index contributed by atoms with van der Waals surface area (Å²) in [5.74, 6) is 0.405. The Balaban J connectivity index is 1.72. The number of aryl methyl sites for hydroxylation is 1. The average Bonchev–Trinajstić information content (AvgIpc) is 2.79. The van der Waals surface area contributed by atoms with Crippen molar-refractivity contribution in [1.29, 1.82) is 0 Å². The summed E-state index contributed by atoms with van der Waals surface area (Å²) in [6, 6.07) is 17.1. The minimum atomic E-state index is -0.517. The fourth-order valence-electron chi connectivity index (χ4n) is 4.11. The number of hydrogen-bond donors (Lipinski definition) is 1. The van der Waals surface area contributed by atoms with Crippen molar-refractivity contribution in [1.82, 2.24) is 10.2 Å². The Morgan fingerprint density at radius 3 is 2.35 bits per heavy atom. The summed E-state index contributed by atoms with van der Waals surface area (Å²) in [6.45, 7) is 4.25. The molecule has 3 rings (SSSR count). The molecule has 5 nitrogen and oxygen atoms in total. The van der Waals surface area contributed by atoms with E-state index in [9.17, 15) is 9.59 Å². The van der Waals surface area contributed by atoms with Crippen LogP contribution in [-0.2, 0) is 16.1 Å². The zero-order chi connectivity index (χ0) is 22.1. The van der Waals surface area contributed by atoms with Gasteiger partial charge in [0.25, 0.3) is 5.91 Å². The van der Waals surface area contributed by atoms with Crippen LogP contribution in [0.2, 0.25) is 0 Å². The van der Waals surface area contributed by atoms with E-state index in [4.69, 9.17) is 4.74 Å². The van der Waals surface area contributed by atoms with Gasteiger partial charge in [0.1, 0.15) is 11.8 Å². The van der Waals surface area contributed by atoms with Gasteiger partial charge in [0.15, 0.2) is 6.61 Å². The van der Waals surface area contributed by atoms with Crippen LogP contribution >= 0.6 is 0 Å². The largest absolute Gasteiger partial charge is 0.484 e. The van der Waals surface area contributed by atoms with Crippen LogP contribution in [0.4, 0.5) is 0 Å². The molecule has 0 aromatic heterocycles. The van der Waals surface area contributed by atoms with Crippen molar-refractivity contribution in [3.8, 4) is 5.75 Å². The Morgan fingerprint density at radius 2 is 1.71 bits per heavy atom. The van der Waals surface area contributed by atoms with Gasteiger partial charge < -0.3 is 15.0 Å². The van der Waals surface area contributed by atoms with Gasteiger partial charge in [0.05, 0.1) is 0 Å². The summed E-state index contributed by atoms with van der Waals surface area (Å²) in [5, 5.41) is 3.20. The van der Waals surface area contributed by atoms with Gasteiger partial charge in [-0.25, -0.2) is 0 Å².